The largest absolute Gasteiger partial charge is 0.365 e. The smallest absolute Gasteiger partial charge is 0.140 e. The maximum Gasteiger partial charge on any atom is 0.140 e. The monoisotopic (exact) mass is 240 g/mol. The first-order valence-corrected chi connectivity index (χ1v) is 4.90. The van der Waals surface area contributed by atoms with Gasteiger partial charge in [0, 0.05) is 12.7 Å². The van der Waals surface area contributed by atoms with E-state index in [2.05, 4.69) is 32.8 Å². The van der Waals surface area contributed by atoms with Crippen LogP contribution in [-0.2, 0) is 0 Å². The van der Waals surface area contributed by atoms with E-state index in [0.29, 0.717) is 0 Å². The maximum atomic E-state index is 4.21. The van der Waals surface area contributed by atoms with Crippen LogP contribution in [0.3, 0.4) is 0 Å². The summed E-state index contributed by atoms with van der Waals surface area (Å²) in [6.45, 7) is 8.60. The van der Waals surface area contributed by atoms with Crippen LogP contribution in [0.2, 0.25) is 0 Å². The van der Waals surface area contributed by atoms with Crippen LogP contribution in [0.25, 0.3) is 0 Å². The lowest BCUT2D eigenvalue weighted by atomic mass is 10.3. The molecule has 0 atom stereocenters. The Morgan fingerprint density at radius 2 is 2.38 bits per heavy atom. The lowest BCUT2D eigenvalue weighted by molar-refractivity contribution is 1.15. The van der Waals surface area contributed by atoms with E-state index in [4.69, 9.17) is 0 Å². The van der Waals surface area contributed by atoms with Gasteiger partial charge < -0.3 is 5.32 Å². The number of rotatable bonds is 3. The van der Waals surface area contributed by atoms with E-state index < -0.39 is 0 Å². The second-order valence-corrected chi connectivity index (χ2v) is 3.89. The number of aryl methyl sites for hydroxylation is 1. The number of pyridine rings is 1. The molecule has 1 heterocycles. The molecule has 0 aromatic carbocycles. The van der Waals surface area contributed by atoms with Gasteiger partial charge in [-0.15, -0.1) is 0 Å². The molecule has 0 bridgehead atoms. The van der Waals surface area contributed by atoms with Crippen molar-refractivity contribution in [1.29, 1.82) is 0 Å². The highest BCUT2D eigenvalue weighted by Crippen LogP contribution is 2.23. The fraction of sp³-hybridized carbons (Fsp3) is 0.300. The first-order valence-electron chi connectivity index (χ1n) is 4.10. The van der Waals surface area contributed by atoms with Crippen molar-refractivity contribution in [3.63, 3.8) is 0 Å². The Hall–Kier alpha value is -0.830. The van der Waals surface area contributed by atoms with E-state index in [9.17, 15) is 0 Å². The number of halogens is 1. The van der Waals surface area contributed by atoms with Gasteiger partial charge in [-0.2, -0.15) is 0 Å². The summed E-state index contributed by atoms with van der Waals surface area (Å²) in [5.74, 6) is 0.878. The van der Waals surface area contributed by atoms with Crippen molar-refractivity contribution in [3.8, 4) is 0 Å². The van der Waals surface area contributed by atoms with Crippen molar-refractivity contribution in [2.75, 3.05) is 11.9 Å². The summed E-state index contributed by atoms with van der Waals surface area (Å²) < 4.78 is 1.02. The molecular weight excluding hydrogens is 228 g/mol. The zero-order chi connectivity index (χ0) is 9.84. The van der Waals surface area contributed by atoms with E-state index in [-0.39, 0.29) is 0 Å². The molecule has 1 aromatic heterocycles. The summed E-state index contributed by atoms with van der Waals surface area (Å²) in [6, 6.07) is 1.97. The fourth-order valence-corrected chi connectivity index (χ4v) is 1.27. The minimum Gasteiger partial charge on any atom is -0.365 e. The van der Waals surface area contributed by atoms with Gasteiger partial charge in [-0.1, -0.05) is 12.2 Å². The standard InChI is InChI=1S/C10H13BrN2/c1-7(2)6-13-10-9(11)8(3)4-5-12-10/h4-5H,1,6H2,2-3H3,(H,12,13). The molecule has 0 saturated heterocycles. The van der Waals surface area contributed by atoms with E-state index in [0.717, 1.165) is 22.4 Å². The fourth-order valence-electron chi connectivity index (χ4n) is 0.898. The van der Waals surface area contributed by atoms with Crippen LogP contribution in [0, 0.1) is 6.92 Å². The molecule has 0 aliphatic rings. The van der Waals surface area contributed by atoms with Crippen LogP contribution in [0.1, 0.15) is 12.5 Å². The van der Waals surface area contributed by atoms with Gasteiger partial charge in [0.2, 0.25) is 0 Å². The van der Waals surface area contributed by atoms with E-state index in [1.165, 1.54) is 5.56 Å². The zero-order valence-electron chi connectivity index (χ0n) is 7.89. The first-order chi connectivity index (χ1) is 6.11. The van der Waals surface area contributed by atoms with Crippen LogP contribution >= 0.6 is 15.9 Å². The predicted molar refractivity (Wildman–Crippen MR) is 60.0 cm³/mol. The Morgan fingerprint density at radius 3 is 3.00 bits per heavy atom. The zero-order valence-corrected chi connectivity index (χ0v) is 9.48. The van der Waals surface area contributed by atoms with Gasteiger partial charge in [-0.3, -0.25) is 0 Å². The first kappa shape index (κ1) is 10.3. The lowest BCUT2D eigenvalue weighted by Crippen LogP contribution is -2.04. The maximum absolute atomic E-state index is 4.21. The average Bonchev–Trinajstić information content (AvgIpc) is 2.07. The molecule has 13 heavy (non-hydrogen) atoms. The summed E-state index contributed by atoms with van der Waals surface area (Å²) >= 11 is 3.48. The lowest BCUT2D eigenvalue weighted by Gasteiger charge is -2.08. The number of hydrogen-bond acceptors (Lipinski definition) is 2. The second kappa shape index (κ2) is 4.42. The number of aromatic nitrogens is 1. The van der Waals surface area contributed by atoms with Gasteiger partial charge >= 0.3 is 0 Å². The number of nitrogens with one attached hydrogen (secondary N) is 1. The molecule has 1 rings (SSSR count). The van der Waals surface area contributed by atoms with Crippen LogP contribution in [0.15, 0.2) is 28.9 Å². The molecule has 0 amide bonds. The molecule has 0 unspecified atom stereocenters. The van der Waals surface area contributed by atoms with Crippen molar-refractivity contribution in [1.82, 2.24) is 4.98 Å². The van der Waals surface area contributed by atoms with Gasteiger partial charge in [0.25, 0.3) is 0 Å². The average molecular weight is 241 g/mol. The third kappa shape index (κ3) is 2.84. The Morgan fingerprint density at radius 1 is 1.69 bits per heavy atom. The van der Waals surface area contributed by atoms with Gasteiger partial charge in [0.1, 0.15) is 5.82 Å². The van der Waals surface area contributed by atoms with E-state index >= 15 is 0 Å². The Labute approximate surface area is 87.2 Å². The summed E-state index contributed by atoms with van der Waals surface area (Å²) in [5.41, 5.74) is 2.27. The molecule has 1 aromatic rings. The topological polar surface area (TPSA) is 24.9 Å². The van der Waals surface area contributed by atoms with Crippen molar-refractivity contribution < 1.29 is 0 Å². The molecular formula is C10H13BrN2. The van der Waals surface area contributed by atoms with E-state index in [1.54, 1.807) is 6.20 Å². The van der Waals surface area contributed by atoms with Gasteiger partial charge in [-0.05, 0) is 41.4 Å². The highest BCUT2D eigenvalue weighted by Gasteiger charge is 2.01. The molecule has 1 N–H and O–H groups in total. The van der Waals surface area contributed by atoms with Crippen molar-refractivity contribution in [2.24, 2.45) is 0 Å². The normalized spacial score (nSPS) is 9.77. The van der Waals surface area contributed by atoms with Crippen LogP contribution in [0.5, 0.6) is 0 Å². The minimum atomic E-state index is 0.759. The summed E-state index contributed by atoms with van der Waals surface area (Å²) in [4.78, 5) is 4.21. The van der Waals surface area contributed by atoms with Crippen molar-refractivity contribution >= 4 is 21.7 Å². The molecule has 0 radical (unpaired) electrons. The molecule has 0 aliphatic carbocycles. The molecule has 0 spiro atoms. The van der Waals surface area contributed by atoms with Gasteiger partial charge in [-0.25, -0.2) is 4.98 Å². The third-order valence-electron chi connectivity index (χ3n) is 1.64. The Bertz CT molecular complexity index is 321. The van der Waals surface area contributed by atoms with Gasteiger partial charge in [0.15, 0.2) is 0 Å². The van der Waals surface area contributed by atoms with Crippen molar-refractivity contribution in [3.05, 3.63) is 34.5 Å². The molecule has 70 valence electrons. The Balaban J connectivity index is 2.77. The molecule has 2 nitrogen and oxygen atoms in total. The minimum absolute atomic E-state index is 0.759. The SMILES string of the molecule is C=C(C)CNc1nccc(C)c1Br. The second-order valence-electron chi connectivity index (χ2n) is 3.10. The molecule has 0 saturated carbocycles. The third-order valence-corrected chi connectivity index (χ3v) is 2.64. The Kier molecular flexibility index (Phi) is 3.48. The molecule has 0 fully saturated rings. The number of anilines is 1. The summed E-state index contributed by atoms with van der Waals surface area (Å²) in [7, 11) is 0. The summed E-state index contributed by atoms with van der Waals surface area (Å²) in [5, 5.41) is 3.20. The highest BCUT2D eigenvalue weighted by atomic mass is 79.9. The van der Waals surface area contributed by atoms with Crippen LogP contribution in [-0.4, -0.2) is 11.5 Å². The van der Waals surface area contributed by atoms with E-state index in [1.807, 2.05) is 19.9 Å². The van der Waals surface area contributed by atoms with Gasteiger partial charge in [0.05, 0.1) is 4.47 Å². The number of nitrogens with zero attached hydrogens (tertiary/aromatic N) is 1. The molecule has 3 heteroatoms. The quantitative estimate of drug-likeness (QED) is 0.822. The highest BCUT2D eigenvalue weighted by molar-refractivity contribution is 9.10. The van der Waals surface area contributed by atoms with Crippen LogP contribution in [0.4, 0.5) is 5.82 Å². The number of hydrogen-bond donors (Lipinski definition) is 1. The van der Waals surface area contributed by atoms with Crippen molar-refractivity contribution in [2.45, 2.75) is 13.8 Å². The van der Waals surface area contributed by atoms with Crippen LogP contribution < -0.4 is 5.32 Å². The molecule has 0 aliphatic heterocycles. The summed E-state index contributed by atoms with van der Waals surface area (Å²) in [6.07, 6.45) is 1.79. The predicted octanol–water partition coefficient (Wildman–Crippen LogP) is 3.14.